The average molecular weight is 365 g/mol. The van der Waals surface area contributed by atoms with Crippen molar-refractivity contribution in [2.75, 3.05) is 11.1 Å². The van der Waals surface area contributed by atoms with Gasteiger partial charge in [0.05, 0.1) is 16.2 Å². The fourth-order valence-electron chi connectivity index (χ4n) is 1.94. The Hall–Kier alpha value is -3.56. The number of anilines is 2. The van der Waals surface area contributed by atoms with Crippen molar-refractivity contribution < 1.29 is 28.0 Å². The van der Waals surface area contributed by atoms with Crippen LogP contribution in [-0.2, 0) is 9.53 Å². The van der Waals surface area contributed by atoms with Crippen molar-refractivity contribution >= 4 is 28.9 Å². The number of amides is 1. The number of nitrogen functional groups attached to an aromatic ring is 1. The zero-order chi connectivity index (χ0) is 19.4. The van der Waals surface area contributed by atoms with E-state index in [0.717, 1.165) is 36.4 Å². The van der Waals surface area contributed by atoms with Crippen molar-refractivity contribution in [3.8, 4) is 0 Å². The van der Waals surface area contributed by atoms with Crippen LogP contribution in [0.5, 0.6) is 0 Å². The summed E-state index contributed by atoms with van der Waals surface area (Å²) in [6.45, 7) is 1.19. The highest BCUT2D eigenvalue weighted by molar-refractivity contribution is 5.99. The summed E-state index contributed by atoms with van der Waals surface area (Å²) in [6, 6.07) is 5.64. The van der Waals surface area contributed by atoms with Crippen LogP contribution >= 0.6 is 0 Å². The van der Waals surface area contributed by atoms with E-state index >= 15 is 0 Å². The molecule has 0 saturated carbocycles. The van der Waals surface area contributed by atoms with E-state index in [4.69, 9.17) is 10.5 Å². The van der Waals surface area contributed by atoms with Gasteiger partial charge in [-0.25, -0.2) is 13.6 Å². The molecule has 0 radical (unpaired) electrons. The summed E-state index contributed by atoms with van der Waals surface area (Å²) in [6.07, 6.45) is -1.40. The lowest BCUT2D eigenvalue weighted by Crippen LogP contribution is -2.30. The van der Waals surface area contributed by atoms with Crippen LogP contribution in [0.1, 0.15) is 17.3 Å². The van der Waals surface area contributed by atoms with Gasteiger partial charge in [0.1, 0.15) is 11.6 Å². The number of benzene rings is 2. The Morgan fingerprint density at radius 2 is 1.92 bits per heavy atom. The van der Waals surface area contributed by atoms with Crippen molar-refractivity contribution in [2.45, 2.75) is 13.0 Å². The van der Waals surface area contributed by atoms with Gasteiger partial charge in [0.2, 0.25) is 0 Å². The van der Waals surface area contributed by atoms with Crippen LogP contribution in [0.15, 0.2) is 36.4 Å². The molecule has 2 rings (SSSR count). The summed E-state index contributed by atoms with van der Waals surface area (Å²) in [5.41, 5.74) is 4.40. The van der Waals surface area contributed by atoms with Crippen molar-refractivity contribution in [1.29, 1.82) is 0 Å². The third kappa shape index (κ3) is 4.29. The van der Waals surface area contributed by atoms with E-state index in [1.165, 1.54) is 6.92 Å². The summed E-state index contributed by atoms with van der Waals surface area (Å²) in [5, 5.41) is 12.8. The van der Waals surface area contributed by atoms with Crippen molar-refractivity contribution in [2.24, 2.45) is 0 Å². The number of carbonyl (C=O) groups is 2. The number of esters is 1. The van der Waals surface area contributed by atoms with E-state index < -0.39 is 40.2 Å². The average Bonchev–Trinajstić information content (AvgIpc) is 2.58. The van der Waals surface area contributed by atoms with Gasteiger partial charge in [-0.15, -0.1) is 0 Å². The smallest absolute Gasteiger partial charge is 0.341 e. The Balaban J connectivity index is 2.11. The molecule has 3 N–H and O–H groups in total. The zero-order valence-electron chi connectivity index (χ0n) is 13.4. The Kier molecular flexibility index (Phi) is 5.45. The molecule has 136 valence electrons. The maximum atomic E-state index is 13.5. The molecule has 26 heavy (non-hydrogen) atoms. The summed E-state index contributed by atoms with van der Waals surface area (Å²) < 4.78 is 31.5. The van der Waals surface area contributed by atoms with Crippen molar-refractivity contribution in [1.82, 2.24) is 0 Å². The fraction of sp³-hybridized carbons (Fsp3) is 0.125. The Labute approximate surface area is 145 Å². The van der Waals surface area contributed by atoms with Gasteiger partial charge >= 0.3 is 5.97 Å². The van der Waals surface area contributed by atoms with Gasteiger partial charge in [-0.2, -0.15) is 0 Å². The van der Waals surface area contributed by atoms with Crippen molar-refractivity contribution in [3.05, 3.63) is 63.7 Å². The van der Waals surface area contributed by atoms with Gasteiger partial charge in [-0.05, 0) is 25.1 Å². The molecular weight excluding hydrogens is 352 g/mol. The molecule has 0 aliphatic carbocycles. The number of ether oxygens (including phenoxy) is 1. The molecule has 0 spiro atoms. The van der Waals surface area contributed by atoms with E-state index in [1.807, 2.05) is 0 Å². The highest BCUT2D eigenvalue weighted by atomic mass is 19.1. The highest BCUT2D eigenvalue weighted by Crippen LogP contribution is 2.21. The summed E-state index contributed by atoms with van der Waals surface area (Å²) >= 11 is 0. The van der Waals surface area contributed by atoms with Crippen LogP contribution in [-0.4, -0.2) is 22.9 Å². The van der Waals surface area contributed by atoms with Crippen LogP contribution in [0.2, 0.25) is 0 Å². The normalized spacial score (nSPS) is 11.5. The fourth-order valence-corrected chi connectivity index (χ4v) is 1.94. The Morgan fingerprint density at radius 1 is 1.23 bits per heavy atom. The lowest BCUT2D eigenvalue weighted by molar-refractivity contribution is -0.384. The molecule has 1 amide bonds. The number of carbonyl (C=O) groups excluding carboxylic acids is 2. The molecule has 2 aromatic carbocycles. The molecule has 2 aromatic rings. The Morgan fingerprint density at radius 3 is 2.58 bits per heavy atom. The van der Waals surface area contributed by atoms with E-state index in [0.29, 0.717) is 0 Å². The number of nitrogens with zero attached hydrogens (tertiary/aromatic N) is 1. The molecule has 0 aromatic heterocycles. The van der Waals surface area contributed by atoms with Gasteiger partial charge in [0.15, 0.2) is 6.10 Å². The van der Waals surface area contributed by atoms with Crippen molar-refractivity contribution in [3.63, 3.8) is 0 Å². The lowest BCUT2D eigenvalue weighted by atomic mass is 10.1. The third-order valence-electron chi connectivity index (χ3n) is 3.31. The number of non-ortho nitro benzene ring substituents is 1. The number of hydrogen-bond donors (Lipinski definition) is 2. The second kappa shape index (κ2) is 7.55. The minimum Gasteiger partial charge on any atom is -0.449 e. The minimum absolute atomic E-state index is 0.0793. The molecule has 1 unspecified atom stereocenters. The van der Waals surface area contributed by atoms with Gasteiger partial charge in [-0.1, -0.05) is 0 Å². The van der Waals surface area contributed by atoms with Gasteiger partial charge in [-0.3, -0.25) is 14.9 Å². The molecule has 1 atom stereocenters. The second-order valence-corrected chi connectivity index (χ2v) is 5.19. The number of nitro groups is 1. The van der Waals surface area contributed by atoms with Gasteiger partial charge in [0.25, 0.3) is 11.6 Å². The van der Waals surface area contributed by atoms with E-state index in [2.05, 4.69) is 5.32 Å². The number of nitrogens with two attached hydrogens (primary N) is 1. The van der Waals surface area contributed by atoms with Crippen LogP contribution < -0.4 is 11.1 Å². The first-order valence-electron chi connectivity index (χ1n) is 7.20. The highest BCUT2D eigenvalue weighted by Gasteiger charge is 2.23. The van der Waals surface area contributed by atoms with E-state index in [1.54, 1.807) is 0 Å². The first kappa shape index (κ1) is 18.8. The van der Waals surface area contributed by atoms with Crippen LogP contribution in [0.4, 0.5) is 25.8 Å². The molecule has 0 bridgehead atoms. The predicted molar refractivity (Wildman–Crippen MR) is 87.4 cm³/mol. The minimum atomic E-state index is -1.40. The zero-order valence-corrected chi connectivity index (χ0v) is 13.4. The van der Waals surface area contributed by atoms with E-state index in [9.17, 15) is 28.5 Å². The number of rotatable bonds is 5. The monoisotopic (exact) mass is 365 g/mol. The Bertz CT molecular complexity index is 888. The molecule has 0 heterocycles. The molecule has 8 nitrogen and oxygen atoms in total. The summed E-state index contributed by atoms with van der Waals surface area (Å²) in [7, 11) is 0. The van der Waals surface area contributed by atoms with Crippen LogP contribution in [0, 0.1) is 21.7 Å². The third-order valence-corrected chi connectivity index (χ3v) is 3.31. The molecule has 0 fully saturated rings. The SMILES string of the molecule is CC(OC(=O)c1cc([N+](=O)[O-])ccc1N)C(=O)Nc1cc(F)ccc1F. The van der Waals surface area contributed by atoms with E-state index in [-0.39, 0.29) is 16.9 Å². The van der Waals surface area contributed by atoms with Crippen LogP contribution in [0.25, 0.3) is 0 Å². The number of nitro benzene ring substituents is 1. The molecule has 0 saturated heterocycles. The quantitative estimate of drug-likeness (QED) is 0.363. The molecule has 10 heteroatoms. The van der Waals surface area contributed by atoms with Gasteiger partial charge < -0.3 is 15.8 Å². The summed E-state index contributed by atoms with van der Waals surface area (Å²) in [4.78, 5) is 34.1. The number of nitrogens with one attached hydrogen (secondary N) is 1. The maximum Gasteiger partial charge on any atom is 0.341 e. The first-order valence-corrected chi connectivity index (χ1v) is 7.20. The maximum absolute atomic E-state index is 13.5. The second-order valence-electron chi connectivity index (χ2n) is 5.19. The largest absolute Gasteiger partial charge is 0.449 e. The van der Waals surface area contributed by atoms with Gasteiger partial charge in [0, 0.05) is 23.9 Å². The predicted octanol–water partition coefficient (Wildman–Crippen LogP) is 2.64. The molecular formula is C16H13F2N3O5. The lowest BCUT2D eigenvalue weighted by Gasteiger charge is -2.14. The topological polar surface area (TPSA) is 125 Å². The molecule has 0 aliphatic heterocycles. The molecule has 0 aliphatic rings. The summed E-state index contributed by atoms with van der Waals surface area (Å²) in [5.74, 6) is -3.64. The standard InChI is InChI=1S/C16H13F2N3O5/c1-8(15(22)20-14-6-9(17)2-4-12(14)18)26-16(23)11-7-10(21(24)25)3-5-13(11)19/h2-8H,19H2,1H3,(H,20,22). The number of halogens is 2. The first-order chi connectivity index (χ1) is 12.2. The number of hydrogen-bond acceptors (Lipinski definition) is 6. The van der Waals surface area contributed by atoms with Crippen LogP contribution in [0.3, 0.4) is 0 Å².